The minimum Gasteiger partial charge on any atom is -0.453 e. The summed E-state index contributed by atoms with van der Waals surface area (Å²) in [5.74, 6) is 1.29. The van der Waals surface area contributed by atoms with Crippen molar-refractivity contribution in [3.05, 3.63) is 41.7 Å². The summed E-state index contributed by atoms with van der Waals surface area (Å²) in [6, 6.07) is 4.02. The van der Waals surface area contributed by atoms with E-state index in [1.54, 1.807) is 0 Å². The van der Waals surface area contributed by atoms with Crippen LogP contribution in [0.5, 0.6) is 5.75 Å². The zero-order valence-corrected chi connectivity index (χ0v) is 13.4. The van der Waals surface area contributed by atoms with Crippen LogP contribution in [0.2, 0.25) is 0 Å². The molecule has 112 valence electrons. The molecule has 0 saturated heterocycles. The molecule has 0 amide bonds. The summed E-state index contributed by atoms with van der Waals surface area (Å²) in [6.07, 6.45) is 1.94. The van der Waals surface area contributed by atoms with Gasteiger partial charge in [-0.3, -0.25) is 0 Å². The van der Waals surface area contributed by atoms with Crippen molar-refractivity contribution < 1.29 is 4.74 Å². The minimum atomic E-state index is -0.0141. The molecule has 0 fully saturated rings. The third kappa shape index (κ3) is 3.16. The molecule has 1 aromatic rings. The number of allylic oxidation sites excluding steroid dienone is 1. The molecule has 1 unspecified atom stereocenters. The highest BCUT2D eigenvalue weighted by Crippen LogP contribution is 2.38. The van der Waals surface area contributed by atoms with E-state index in [-0.39, 0.29) is 6.04 Å². The fourth-order valence-corrected chi connectivity index (χ4v) is 2.15. The van der Waals surface area contributed by atoms with E-state index < -0.39 is 0 Å². The summed E-state index contributed by atoms with van der Waals surface area (Å²) in [5, 5.41) is 0. The topological polar surface area (TPSA) is 50.8 Å². The molecule has 0 bridgehead atoms. The highest BCUT2D eigenvalue weighted by atomic mass is 16.5. The Labute approximate surface area is 126 Å². The van der Waals surface area contributed by atoms with E-state index in [2.05, 4.69) is 23.4 Å². The first-order valence-electron chi connectivity index (χ1n) is 7.01. The number of aliphatic imine (C=N–C) groups is 1. The molecule has 1 atom stereocenters. The summed E-state index contributed by atoms with van der Waals surface area (Å²) < 4.78 is 5.83. The molecule has 2 rings (SSSR count). The number of hydrogen-bond acceptors (Lipinski definition) is 4. The molecular weight excluding hydrogens is 262 g/mol. The monoisotopic (exact) mass is 285 g/mol. The predicted molar refractivity (Wildman–Crippen MR) is 89.8 cm³/mol. The van der Waals surface area contributed by atoms with Gasteiger partial charge in [-0.05, 0) is 38.5 Å². The van der Waals surface area contributed by atoms with Gasteiger partial charge in [-0.15, -0.1) is 0 Å². The van der Waals surface area contributed by atoms with Gasteiger partial charge in [0.05, 0.1) is 0 Å². The van der Waals surface area contributed by atoms with Gasteiger partial charge in [0.25, 0.3) is 0 Å². The maximum absolute atomic E-state index is 5.87. The third-order valence-corrected chi connectivity index (χ3v) is 3.60. The first-order chi connectivity index (χ1) is 9.79. The van der Waals surface area contributed by atoms with Gasteiger partial charge < -0.3 is 15.4 Å². The van der Waals surface area contributed by atoms with Crippen molar-refractivity contribution in [3.8, 4) is 5.75 Å². The summed E-state index contributed by atoms with van der Waals surface area (Å²) in [6.45, 7) is 9.95. The first kappa shape index (κ1) is 15.3. The van der Waals surface area contributed by atoms with Gasteiger partial charge in [0.15, 0.2) is 5.75 Å². The second kappa shape index (κ2) is 5.74. The van der Waals surface area contributed by atoms with Crippen molar-refractivity contribution in [3.63, 3.8) is 0 Å². The molecule has 1 aromatic carbocycles. The van der Waals surface area contributed by atoms with E-state index in [4.69, 9.17) is 10.5 Å². The van der Waals surface area contributed by atoms with Gasteiger partial charge >= 0.3 is 0 Å². The van der Waals surface area contributed by atoms with E-state index in [9.17, 15) is 0 Å². The van der Waals surface area contributed by atoms with Gasteiger partial charge in [-0.1, -0.05) is 12.2 Å². The van der Waals surface area contributed by atoms with Crippen LogP contribution in [0.3, 0.4) is 0 Å². The Morgan fingerprint density at radius 2 is 2.10 bits per heavy atom. The number of anilines is 1. The first-order valence-corrected chi connectivity index (χ1v) is 7.01. The van der Waals surface area contributed by atoms with Crippen LogP contribution in [0.1, 0.15) is 19.4 Å². The van der Waals surface area contributed by atoms with Crippen LogP contribution >= 0.6 is 0 Å². The Morgan fingerprint density at radius 3 is 2.67 bits per heavy atom. The number of rotatable bonds is 3. The fourth-order valence-electron chi connectivity index (χ4n) is 2.15. The molecule has 1 heterocycles. The molecular formula is C17H23N3O. The molecule has 0 saturated carbocycles. The van der Waals surface area contributed by atoms with Gasteiger partial charge in [0.1, 0.15) is 17.2 Å². The van der Waals surface area contributed by atoms with Crippen molar-refractivity contribution in [1.82, 2.24) is 0 Å². The standard InChI is InChI=1S/C17H23N3O/c1-10(12(3)18)7-14-13(4)21-17-9-16(20(5)6)11(2)8-15(17)19-14/h7-9,12H,4,18H2,1-3,5-6H3/b10-7-. The fraction of sp³-hybridized carbons (Fsp3) is 0.353. The van der Waals surface area contributed by atoms with E-state index in [0.29, 0.717) is 5.76 Å². The lowest BCUT2D eigenvalue weighted by Crippen LogP contribution is -2.18. The summed E-state index contributed by atoms with van der Waals surface area (Å²) >= 11 is 0. The van der Waals surface area contributed by atoms with E-state index in [1.165, 1.54) is 0 Å². The Hall–Kier alpha value is -2.07. The average molecular weight is 285 g/mol. The van der Waals surface area contributed by atoms with Crippen LogP contribution in [0.4, 0.5) is 11.4 Å². The van der Waals surface area contributed by atoms with Crippen LogP contribution in [0.15, 0.2) is 41.1 Å². The number of ether oxygens (including phenoxy) is 1. The smallest absolute Gasteiger partial charge is 0.155 e. The van der Waals surface area contributed by atoms with Crippen molar-refractivity contribution in [2.75, 3.05) is 19.0 Å². The molecule has 1 aliphatic heterocycles. The number of nitrogens with two attached hydrogens (primary N) is 1. The molecule has 0 radical (unpaired) electrons. The Balaban J connectivity index is 2.48. The molecule has 0 aliphatic carbocycles. The largest absolute Gasteiger partial charge is 0.453 e. The second-order valence-electron chi connectivity index (χ2n) is 5.70. The van der Waals surface area contributed by atoms with Crippen molar-refractivity contribution in [1.29, 1.82) is 0 Å². The predicted octanol–water partition coefficient (Wildman–Crippen LogP) is 3.33. The Bertz CT molecular complexity index is 640. The Morgan fingerprint density at radius 1 is 1.43 bits per heavy atom. The van der Waals surface area contributed by atoms with Crippen molar-refractivity contribution in [2.24, 2.45) is 10.7 Å². The van der Waals surface area contributed by atoms with E-state index in [1.807, 2.05) is 46.2 Å². The number of nitrogens with zero attached hydrogens (tertiary/aromatic N) is 2. The minimum absolute atomic E-state index is 0.0141. The van der Waals surface area contributed by atoms with Crippen LogP contribution in [0.25, 0.3) is 0 Å². The van der Waals surface area contributed by atoms with Crippen LogP contribution in [-0.2, 0) is 0 Å². The molecule has 0 spiro atoms. The number of hydrogen-bond donors (Lipinski definition) is 1. The van der Waals surface area contributed by atoms with Crippen molar-refractivity contribution >= 4 is 17.1 Å². The second-order valence-corrected chi connectivity index (χ2v) is 5.70. The molecule has 4 nitrogen and oxygen atoms in total. The number of aryl methyl sites for hydroxylation is 1. The lowest BCUT2D eigenvalue weighted by atomic mass is 10.1. The summed E-state index contributed by atoms with van der Waals surface area (Å²) in [5.41, 5.74) is 10.7. The van der Waals surface area contributed by atoms with Crippen LogP contribution < -0.4 is 15.4 Å². The van der Waals surface area contributed by atoms with Crippen molar-refractivity contribution in [2.45, 2.75) is 26.8 Å². The SMILES string of the molecule is C=C1Oc2cc(N(C)C)c(C)cc2N=C1/C=C(/C)C(C)N. The van der Waals surface area contributed by atoms with E-state index >= 15 is 0 Å². The lowest BCUT2D eigenvalue weighted by Gasteiger charge is -2.22. The third-order valence-electron chi connectivity index (χ3n) is 3.60. The molecule has 0 aromatic heterocycles. The van der Waals surface area contributed by atoms with Gasteiger partial charge in [0.2, 0.25) is 0 Å². The van der Waals surface area contributed by atoms with Gasteiger partial charge in [-0.25, -0.2) is 4.99 Å². The molecule has 4 heteroatoms. The van der Waals surface area contributed by atoms with E-state index in [0.717, 1.165) is 34.0 Å². The molecule has 2 N–H and O–H groups in total. The quantitative estimate of drug-likeness (QED) is 0.926. The summed E-state index contributed by atoms with van der Waals surface area (Å²) in [4.78, 5) is 6.71. The zero-order valence-electron chi connectivity index (χ0n) is 13.4. The van der Waals surface area contributed by atoms with Crippen LogP contribution in [0, 0.1) is 6.92 Å². The molecule has 21 heavy (non-hydrogen) atoms. The Kier molecular flexibility index (Phi) is 4.19. The summed E-state index contributed by atoms with van der Waals surface area (Å²) in [7, 11) is 4.02. The van der Waals surface area contributed by atoms with Crippen LogP contribution in [-0.4, -0.2) is 25.8 Å². The molecule has 1 aliphatic rings. The number of fused-ring (bicyclic) bond motifs is 1. The average Bonchev–Trinajstić information content (AvgIpc) is 2.39. The maximum Gasteiger partial charge on any atom is 0.155 e. The maximum atomic E-state index is 5.87. The van der Waals surface area contributed by atoms with Gasteiger partial charge in [-0.2, -0.15) is 0 Å². The van der Waals surface area contributed by atoms with Gasteiger partial charge in [0, 0.05) is 31.9 Å². The normalized spacial score (nSPS) is 16.0. The number of benzene rings is 1. The zero-order chi connectivity index (χ0) is 15.7. The lowest BCUT2D eigenvalue weighted by molar-refractivity contribution is 0.453. The highest BCUT2D eigenvalue weighted by molar-refractivity contribution is 6.10. The highest BCUT2D eigenvalue weighted by Gasteiger charge is 2.18.